The van der Waals surface area contributed by atoms with Crippen LogP contribution in [0.2, 0.25) is 0 Å². The van der Waals surface area contributed by atoms with E-state index in [0.29, 0.717) is 16.7 Å². The molecule has 1 saturated carbocycles. The van der Waals surface area contributed by atoms with Crippen LogP contribution in [0.25, 0.3) is 0 Å². The number of fused-ring (bicyclic) bond motifs is 1. The van der Waals surface area contributed by atoms with Gasteiger partial charge in [0.05, 0.1) is 0 Å². The molecule has 2 atom stereocenters. The fourth-order valence-electron chi connectivity index (χ4n) is 3.78. The van der Waals surface area contributed by atoms with E-state index in [1.54, 1.807) is 0 Å². The standard InChI is InChI=1S/C15H24N2O2S2/c1-16-10-12-9-15(20-11-12)21(18,19)17-8-4-6-13-5-2-3-7-14(13)17/h9,11,13-14,16H,2-8,10H2,1H3. The van der Waals surface area contributed by atoms with Crippen LogP contribution in [0.1, 0.15) is 44.1 Å². The maximum atomic E-state index is 13.0. The third-order valence-corrected chi connectivity index (χ3v) is 8.15. The minimum Gasteiger partial charge on any atom is -0.316 e. The molecular formula is C15H24N2O2S2. The number of sulfonamides is 1. The van der Waals surface area contributed by atoms with Crippen molar-refractivity contribution in [2.24, 2.45) is 5.92 Å². The van der Waals surface area contributed by atoms with E-state index in [2.05, 4.69) is 5.32 Å². The second-order valence-corrected chi connectivity index (χ2v) is 9.20. The van der Waals surface area contributed by atoms with Crippen LogP contribution in [0, 0.1) is 5.92 Å². The van der Waals surface area contributed by atoms with Crippen molar-refractivity contribution >= 4 is 21.4 Å². The van der Waals surface area contributed by atoms with Gasteiger partial charge in [0.15, 0.2) is 0 Å². The third kappa shape index (κ3) is 3.04. The first-order valence-electron chi connectivity index (χ1n) is 7.87. The Bertz CT molecular complexity index is 580. The molecule has 0 spiro atoms. The summed E-state index contributed by atoms with van der Waals surface area (Å²) in [6, 6.07) is 2.08. The van der Waals surface area contributed by atoms with Gasteiger partial charge in [0.25, 0.3) is 10.0 Å². The van der Waals surface area contributed by atoms with Gasteiger partial charge in [-0.2, -0.15) is 4.31 Å². The van der Waals surface area contributed by atoms with E-state index in [-0.39, 0.29) is 6.04 Å². The van der Waals surface area contributed by atoms with E-state index in [1.165, 1.54) is 37.0 Å². The number of hydrogen-bond acceptors (Lipinski definition) is 4. The molecule has 4 nitrogen and oxygen atoms in total. The highest BCUT2D eigenvalue weighted by Crippen LogP contribution is 2.38. The summed E-state index contributed by atoms with van der Waals surface area (Å²) in [4.78, 5) is 0. The molecule has 3 rings (SSSR count). The highest BCUT2D eigenvalue weighted by Gasteiger charge is 2.40. The molecule has 1 aromatic rings. The molecule has 2 heterocycles. The van der Waals surface area contributed by atoms with Gasteiger partial charge < -0.3 is 5.32 Å². The summed E-state index contributed by atoms with van der Waals surface area (Å²) in [5.41, 5.74) is 1.05. The van der Waals surface area contributed by atoms with Crippen molar-refractivity contribution in [3.63, 3.8) is 0 Å². The SMILES string of the molecule is CNCc1csc(S(=O)(=O)N2CCCC3CCCCC32)c1. The molecule has 0 bridgehead atoms. The monoisotopic (exact) mass is 328 g/mol. The molecule has 0 radical (unpaired) electrons. The van der Waals surface area contributed by atoms with Crippen LogP contribution in [-0.2, 0) is 16.6 Å². The Kier molecular flexibility index (Phi) is 4.69. The number of nitrogens with zero attached hydrogens (tertiary/aromatic N) is 1. The fourth-order valence-corrected chi connectivity index (χ4v) is 6.87. The molecule has 1 aromatic heterocycles. The molecule has 0 amide bonds. The second kappa shape index (κ2) is 6.36. The van der Waals surface area contributed by atoms with Crippen LogP contribution in [0.3, 0.4) is 0 Å². The van der Waals surface area contributed by atoms with Crippen LogP contribution < -0.4 is 5.32 Å². The Hall–Kier alpha value is -0.430. The maximum Gasteiger partial charge on any atom is 0.252 e. The second-order valence-electron chi connectivity index (χ2n) is 6.17. The molecule has 2 aliphatic rings. The van der Waals surface area contributed by atoms with Crippen LogP contribution in [-0.4, -0.2) is 32.4 Å². The predicted molar refractivity (Wildman–Crippen MR) is 86.0 cm³/mol. The first kappa shape index (κ1) is 15.5. The van der Waals surface area contributed by atoms with Gasteiger partial charge in [-0.05, 0) is 55.7 Å². The van der Waals surface area contributed by atoms with Crippen molar-refractivity contribution in [2.45, 2.75) is 55.3 Å². The number of nitrogens with one attached hydrogen (secondary N) is 1. The largest absolute Gasteiger partial charge is 0.316 e. The Balaban J connectivity index is 1.85. The average Bonchev–Trinajstić information content (AvgIpc) is 2.96. The summed E-state index contributed by atoms with van der Waals surface area (Å²) in [5, 5.41) is 5.02. The van der Waals surface area contributed by atoms with Crippen molar-refractivity contribution in [1.29, 1.82) is 0 Å². The highest BCUT2D eigenvalue weighted by atomic mass is 32.2. The molecule has 0 aromatic carbocycles. The molecular weight excluding hydrogens is 304 g/mol. The summed E-state index contributed by atoms with van der Waals surface area (Å²) in [7, 11) is -1.43. The molecule has 6 heteroatoms. The summed E-state index contributed by atoms with van der Waals surface area (Å²) in [6.45, 7) is 1.42. The zero-order chi connectivity index (χ0) is 14.9. The maximum absolute atomic E-state index is 13.0. The van der Waals surface area contributed by atoms with Crippen molar-refractivity contribution < 1.29 is 8.42 Å². The third-order valence-electron chi connectivity index (χ3n) is 4.77. The first-order chi connectivity index (χ1) is 10.1. The van der Waals surface area contributed by atoms with Gasteiger partial charge in [-0.25, -0.2) is 8.42 Å². The topological polar surface area (TPSA) is 49.4 Å². The van der Waals surface area contributed by atoms with Gasteiger partial charge >= 0.3 is 0 Å². The van der Waals surface area contributed by atoms with Gasteiger partial charge in [-0.1, -0.05) is 12.8 Å². The lowest BCUT2D eigenvalue weighted by Gasteiger charge is -2.42. The van der Waals surface area contributed by atoms with Gasteiger partial charge in [0, 0.05) is 19.1 Å². The van der Waals surface area contributed by atoms with Crippen molar-refractivity contribution in [1.82, 2.24) is 9.62 Å². The van der Waals surface area contributed by atoms with Gasteiger partial charge in [-0.3, -0.25) is 0 Å². The number of piperidine rings is 1. The van der Waals surface area contributed by atoms with Gasteiger partial charge in [-0.15, -0.1) is 11.3 Å². The minimum atomic E-state index is -3.31. The Morgan fingerprint density at radius 2 is 2.05 bits per heavy atom. The first-order valence-corrected chi connectivity index (χ1v) is 10.2. The van der Waals surface area contributed by atoms with Gasteiger partial charge in [0.1, 0.15) is 4.21 Å². The molecule has 1 saturated heterocycles. The molecule has 1 aliphatic heterocycles. The van der Waals surface area contributed by atoms with E-state index in [1.807, 2.05) is 22.8 Å². The lowest BCUT2D eigenvalue weighted by molar-refractivity contribution is 0.129. The smallest absolute Gasteiger partial charge is 0.252 e. The van der Waals surface area contributed by atoms with Crippen LogP contribution >= 0.6 is 11.3 Å². The molecule has 2 unspecified atom stereocenters. The van der Waals surface area contributed by atoms with E-state index in [4.69, 9.17) is 0 Å². The van der Waals surface area contributed by atoms with Crippen molar-refractivity contribution in [3.05, 3.63) is 17.0 Å². The zero-order valence-electron chi connectivity index (χ0n) is 12.5. The predicted octanol–water partition coefficient (Wildman–Crippen LogP) is 2.81. The van der Waals surface area contributed by atoms with Crippen molar-refractivity contribution in [3.8, 4) is 0 Å². The summed E-state index contributed by atoms with van der Waals surface area (Å²) >= 11 is 1.36. The zero-order valence-corrected chi connectivity index (χ0v) is 14.2. The number of rotatable bonds is 4. The summed E-state index contributed by atoms with van der Waals surface area (Å²) in [6.07, 6.45) is 6.88. The van der Waals surface area contributed by atoms with Crippen LogP contribution in [0.4, 0.5) is 0 Å². The van der Waals surface area contributed by atoms with Crippen molar-refractivity contribution in [2.75, 3.05) is 13.6 Å². The molecule has 21 heavy (non-hydrogen) atoms. The minimum absolute atomic E-state index is 0.243. The molecule has 1 aliphatic carbocycles. The molecule has 2 fully saturated rings. The average molecular weight is 329 g/mol. The Morgan fingerprint density at radius 1 is 1.29 bits per heavy atom. The van der Waals surface area contributed by atoms with E-state index in [9.17, 15) is 8.42 Å². The molecule has 1 N–H and O–H groups in total. The number of hydrogen-bond donors (Lipinski definition) is 1. The Morgan fingerprint density at radius 3 is 2.86 bits per heavy atom. The summed E-state index contributed by atoms with van der Waals surface area (Å²) < 4.78 is 28.3. The Labute approximate surface area is 131 Å². The highest BCUT2D eigenvalue weighted by molar-refractivity contribution is 7.91. The van der Waals surface area contributed by atoms with E-state index < -0.39 is 10.0 Å². The van der Waals surface area contributed by atoms with E-state index in [0.717, 1.165) is 24.9 Å². The lowest BCUT2D eigenvalue weighted by atomic mass is 9.79. The normalized spacial score (nSPS) is 27.5. The fraction of sp³-hybridized carbons (Fsp3) is 0.733. The van der Waals surface area contributed by atoms with Crippen LogP contribution in [0.5, 0.6) is 0 Å². The number of thiophene rings is 1. The van der Waals surface area contributed by atoms with Gasteiger partial charge in [0.2, 0.25) is 0 Å². The van der Waals surface area contributed by atoms with E-state index >= 15 is 0 Å². The quantitative estimate of drug-likeness (QED) is 0.924. The molecule has 118 valence electrons. The summed E-state index contributed by atoms with van der Waals surface area (Å²) in [5.74, 6) is 0.582. The van der Waals surface area contributed by atoms with Crippen LogP contribution in [0.15, 0.2) is 15.7 Å². The lowest BCUT2D eigenvalue weighted by Crippen LogP contribution is -2.49.